The molecule has 0 unspecified atom stereocenters. The van der Waals surface area contributed by atoms with Crippen molar-refractivity contribution in [1.82, 2.24) is 0 Å². The molecule has 0 radical (unpaired) electrons. The Morgan fingerprint density at radius 1 is 0.787 bits per heavy atom. The maximum atomic E-state index is 12.3. The molecule has 250 valence electrons. The van der Waals surface area contributed by atoms with Crippen molar-refractivity contribution in [2.45, 2.75) is 50.8 Å². The molecule has 4 aromatic carbocycles. The zero-order valence-corrected chi connectivity index (χ0v) is 29.0. The van der Waals surface area contributed by atoms with Crippen LogP contribution in [0.2, 0.25) is 10.0 Å². The van der Waals surface area contributed by atoms with Crippen molar-refractivity contribution < 1.29 is 39.4 Å². The Kier molecular flexibility index (Phi) is 13.7. The first-order valence-corrected chi connectivity index (χ1v) is 16.6. The minimum atomic E-state index is -1.42. The second kappa shape index (κ2) is 17.4. The first-order chi connectivity index (χ1) is 22.6. The highest BCUT2D eigenvalue weighted by atomic mass is 79.9. The van der Waals surface area contributed by atoms with Crippen LogP contribution in [-0.4, -0.2) is 70.4 Å². The average molecular weight is 748 g/mol. The fourth-order valence-corrected chi connectivity index (χ4v) is 5.82. The largest absolute Gasteiger partial charge is 0.494 e. The summed E-state index contributed by atoms with van der Waals surface area (Å²) in [7, 11) is 0. The van der Waals surface area contributed by atoms with Gasteiger partial charge in [-0.05, 0) is 97.6 Å². The lowest BCUT2D eigenvalue weighted by Crippen LogP contribution is -2.55. The topological polar surface area (TPSA) is 126 Å². The second-order valence-corrected chi connectivity index (χ2v) is 12.5. The molecule has 5 atom stereocenters. The van der Waals surface area contributed by atoms with Gasteiger partial charge in [-0.2, -0.15) is 0 Å². The Bertz CT molecular complexity index is 1610. The number of aliphatic hydroxyl groups excluding tert-OH is 4. The highest BCUT2D eigenvalue weighted by Gasteiger charge is 2.44. The highest BCUT2D eigenvalue weighted by molar-refractivity contribution is 9.10. The molecule has 5 rings (SSSR count). The number of ether oxygens (including phenoxy) is 3. The molecule has 0 saturated carbocycles. The van der Waals surface area contributed by atoms with Crippen LogP contribution >= 0.6 is 39.1 Å². The van der Waals surface area contributed by atoms with Crippen LogP contribution in [0.15, 0.2) is 89.4 Å². The molecule has 0 aromatic heterocycles. The van der Waals surface area contributed by atoms with Crippen molar-refractivity contribution in [2.24, 2.45) is 0 Å². The van der Waals surface area contributed by atoms with Gasteiger partial charge in [-0.25, -0.2) is 0 Å². The van der Waals surface area contributed by atoms with Gasteiger partial charge in [-0.1, -0.05) is 63.4 Å². The van der Waals surface area contributed by atoms with Gasteiger partial charge >= 0.3 is 0 Å². The Morgan fingerprint density at radius 2 is 1.38 bits per heavy atom. The van der Waals surface area contributed by atoms with E-state index in [0.29, 0.717) is 46.4 Å². The summed E-state index contributed by atoms with van der Waals surface area (Å²) in [6, 6.07) is 25.2. The third-order valence-corrected chi connectivity index (χ3v) is 8.71. The van der Waals surface area contributed by atoms with Crippen LogP contribution in [0.25, 0.3) is 0 Å². The van der Waals surface area contributed by atoms with Crippen molar-refractivity contribution in [3.8, 4) is 11.5 Å². The van der Waals surface area contributed by atoms with Crippen molar-refractivity contribution in [2.75, 3.05) is 19.8 Å². The molecule has 4 N–H and O–H groups in total. The van der Waals surface area contributed by atoms with E-state index in [9.17, 15) is 25.2 Å². The van der Waals surface area contributed by atoms with E-state index in [-0.39, 0.29) is 5.78 Å². The molecule has 0 amide bonds. The number of halogens is 3. The van der Waals surface area contributed by atoms with E-state index in [1.54, 1.807) is 54.6 Å². The monoisotopic (exact) mass is 746 g/mol. The molecule has 8 nitrogen and oxygen atoms in total. The maximum Gasteiger partial charge on any atom is 0.194 e. The Labute approximate surface area is 292 Å². The number of ketones is 1. The molecular formula is C36H37BrCl2O8. The lowest BCUT2D eigenvalue weighted by atomic mass is 9.90. The number of benzene rings is 4. The molecule has 1 heterocycles. The molecular weight excluding hydrogens is 711 g/mol. The zero-order valence-electron chi connectivity index (χ0n) is 25.9. The third-order valence-electron chi connectivity index (χ3n) is 7.52. The van der Waals surface area contributed by atoms with E-state index < -0.39 is 37.1 Å². The molecule has 4 aromatic rings. The van der Waals surface area contributed by atoms with Gasteiger partial charge in [0.2, 0.25) is 0 Å². The quantitative estimate of drug-likeness (QED) is 0.134. The third kappa shape index (κ3) is 9.55. The first kappa shape index (κ1) is 36.8. The van der Waals surface area contributed by atoms with Crippen molar-refractivity contribution >= 4 is 44.9 Å². The van der Waals surface area contributed by atoms with Gasteiger partial charge in [-0.3, -0.25) is 4.79 Å². The molecule has 0 spiro atoms. The lowest BCUT2D eigenvalue weighted by molar-refractivity contribution is -0.231. The van der Waals surface area contributed by atoms with Gasteiger partial charge in [0.1, 0.15) is 42.0 Å². The molecule has 1 aliphatic heterocycles. The molecule has 1 saturated heterocycles. The van der Waals surface area contributed by atoms with Crippen molar-refractivity contribution in [1.29, 1.82) is 0 Å². The fraction of sp³-hybridized carbons (Fsp3) is 0.306. The van der Waals surface area contributed by atoms with Gasteiger partial charge < -0.3 is 34.6 Å². The second-order valence-electron chi connectivity index (χ2n) is 10.8. The smallest absolute Gasteiger partial charge is 0.194 e. The molecule has 0 bridgehead atoms. The highest BCUT2D eigenvalue weighted by Crippen LogP contribution is 2.34. The van der Waals surface area contributed by atoms with Crippen molar-refractivity contribution in [3.63, 3.8) is 0 Å². The molecule has 11 heteroatoms. The minimum Gasteiger partial charge on any atom is -0.494 e. The van der Waals surface area contributed by atoms with E-state index >= 15 is 0 Å². The number of rotatable bonds is 10. The lowest BCUT2D eigenvalue weighted by Gasteiger charge is -2.40. The summed E-state index contributed by atoms with van der Waals surface area (Å²) in [5.41, 5.74) is 3.56. The summed E-state index contributed by atoms with van der Waals surface area (Å²) in [6.45, 7) is 4.59. The SMILES string of the molecule is CCOc1ccc(C(=O)c2cc(Br)ccc2Cl)cc1.CCOc1ccc(Cc2cc([C@@H]3O[C@H](CO)[C@@H](O)[C@H](O)[C@H]3O)ccc2Cl)cc1. The normalized spacial score (nSPS) is 20.6. The van der Waals surface area contributed by atoms with E-state index in [2.05, 4.69) is 15.9 Å². The van der Waals surface area contributed by atoms with Crippen LogP contribution in [0.5, 0.6) is 11.5 Å². The average Bonchev–Trinajstić information content (AvgIpc) is 3.07. The Balaban J connectivity index is 0.000000229. The van der Waals surface area contributed by atoms with Crippen LogP contribution in [0.3, 0.4) is 0 Å². The summed E-state index contributed by atoms with van der Waals surface area (Å²) in [5, 5.41) is 40.7. The maximum absolute atomic E-state index is 12.3. The van der Waals surface area contributed by atoms with E-state index in [1.165, 1.54) is 0 Å². The number of carbonyl (C=O) groups excluding carboxylic acids is 1. The van der Waals surface area contributed by atoms with Gasteiger partial charge in [0.25, 0.3) is 0 Å². The van der Waals surface area contributed by atoms with Gasteiger partial charge in [0.15, 0.2) is 5.78 Å². The van der Waals surface area contributed by atoms with E-state index in [0.717, 1.165) is 27.1 Å². The van der Waals surface area contributed by atoms with Crippen molar-refractivity contribution in [3.05, 3.63) is 127 Å². The summed E-state index contributed by atoms with van der Waals surface area (Å²) >= 11 is 15.7. The van der Waals surface area contributed by atoms with E-state index in [4.69, 9.17) is 37.4 Å². The molecule has 1 aliphatic rings. The molecule has 0 aliphatic carbocycles. The summed E-state index contributed by atoms with van der Waals surface area (Å²) < 4.78 is 17.3. The molecule has 47 heavy (non-hydrogen) atoms. The van der Waals surface area contributed by atoms with Gasteiger partial charge in [0, 0.05) is 20.6 Å². The summed E-state index contributed by atoms with van der Waals surface area (Å²) in [6.07, 6.45) is -5.39. The minimum absolute atomic E-state index is 0.102. The summed E-state index contributed by atoms with van der Waals surface area (Å²) in [4.78, 5) is 12.3. The number of hydrogen-bond acceptors (Lipinski definition) is 8. The number of carbonyl (C=O) groups is 1. The zero-order chi connectivity index (χ0) is 34.1. The standard InChI is InChI=1S/C21H25ClO6.C15H12BrClO2/c1-2-27-15-6-3-12(4-7-15)9-14-10-13(5-8-16(14)22)21-20(26)19(25)18(24)17(11-23)28-21;1-2-19-12-6-3-10(4-7-12)15(18)13-9-11(16)5-8-14(13)17/h3-8,10,17-21,23-26H,2,9,11H2,1H3;3-9H,2H2,1H3/t17-,18-,19+,20-,21+;/m1./s1. The number of aliphatic hydroxyl groups is 4. The van der Waals surface area contributed by atoms with Crippen LogP contribution in [0.4, 0.5) is 0 Å². The van der Waals surface area contributed by atoms with Crippen LogP contribution < -0.4 is 9.47 Å². The van der Waals surface area contributed by atoms with Crippen LogP contribution in [-0.2, 0) is 11.2 Å². The predicted octanol–water partition coefficient (Wildman–Crippen LogP) is 6.58. The Hall–Kier alpha value is -2.99. The van der Waals surface area contributed by atoms with Gasteiger partial charge in [-0.15, -0.1) is 0 Å². The van der Waals surface area contributed by atoms with Crippen LogP contribution in [0, 0.1) is 0 Å². The predicted molar refractivity (Wildman–Crippen MR) is 185 cm³/mol. The first-order valence-electron chi connectivity index (χ1n) is 15.1. The number of hydrogen-bond donors (Lipinski definition) is 4. The van der Waals surface area contributed by atoms with E-state index in [1.807, 2.05) is 44.2 Å². The van der Waals surface area contributed by atoms with Crippen LogP contribution in [0.1, 0.15) is 52.6 Å². The summed E-state index contributed by atoms with van der Waals surface area (Å²) in [5.74, 6) is 1.45. The van der Waals surface area contributed by atoms with Gasteiger partial charge in [0.05, 0.1) is 24.8 Å². The Morgan fingerprint density at radius 3 is 1.98 bits per heavy atom. The fourth-order valence-electron chi connectivity index (χ4n) is 5.07. The molecule has 1 fully saturated rings.